The smallest absolute Gasteiger partial charge is 0.262 e. The van der Waals surface area contributed by atoms with Crippen LogP contribution in [0, 0.1) is 0 Å². The molecule has 6 nitrogen and oxygen atoms in total. The topological polar surface area (TPSA) is 60.9 Å². The molecular weight excluding hydrogens is 342 g/mol. The largest absolute Gasteiger partial charge is 0.332 e. The highest BCUT2D eigenvalue weighted by Gasteiger charge is 2.38. The molecule has 138 valence electrons. The van der Waals surface area contributed by atoms with Crippen LogP contribution >= 0.6 is 0 Å². The fraction of sp³-hybridized carbons (Fsp3) is 0.286. The van der Waals surface area contributed by atoms with Crippen LogP contribution in [0.25, 0.3) is 0 Å². The van der Waals surface area contributed by atoms with Crippen LogP contribution in [0.5, 0.6) is 0 Å². The van der Waals surface area contributed by atoms with E-state index >= 15 is 0 Å². The summed E-state index contributed by atoms with van der Waals surface area (Å²) in [7, 11) is 2.03. The zero-order chi connectivity index (χ0) is 19.0. The standard InChI is InChI=1S/C21H21N3O3/c1-22-11-12-23(18(13-22)15-7-3-2-4-8-15)19(25)14-24-20(26)16-9-5-6-10-17(16)21(24)27/h2-10,18H,11-14H2,1H3/t18-/m1/s1. The van der Waals surface area contributed by atoms with E-state index in [0.29, 0.717) is 17.7 Å². The third kappa shape index (κ3) is 3.13. The minimum Gasteiger partial charge on any atom is -0.332 e. The number of carbonyl (C=O) groups excluding carboxylic acids is 3. The molecule has 0 radical (unpaired) electrons. The lowest BCUT2D eigenvalue weighted by Crippen LogP contribution is -2.52. The van der Waals surface area contributed by atoms with Crippen molar-refractivity contribution in [1.82, 2.24) is 14.7 Å². The average molecular weight is 363 g/mol. The van der Waals surface area contributed by atoms with E-state index < -0.39 is 11.8 Å². The first-order valence-corrected chi connectivity index (χ1v) is 9.04. The molecule has 0 N–H and O–H groups in total. The molecule has 2 heterocycles. The van der Waals surface area contributed by atoms with Crippen molar-refractivity contribution in [2.75, 3.05) is 33.2 Å². The number of rotatable bonds is 3. The number of carbonyl (C=O) groups is 3. The summed E-state index contributed by atoms with van der Waals surface area (Å²) < 4.78 is 0. The molecule has 0 aliphatic carbocycles. The summed E-state index contributed by atoms with van der Waals surface area (Å²) in [5, 5.41) is 0. The quantitative estimate of drug-likeness (QED) is 0.780. The van der Waals surface area contributed by atoms with Crippen LogP contribution < -0.4 is 0 Å². The molecule has 0 saturated carbocycles. The van der Waals surface area contributed by atoms with E-state index in [1.165, 1.54) is 0 Å². The van der Waals surface area contributed by atoms with Crippen molar-refractivity contribution in [2.24, 2.45) is 0 Å². The Morgan fingerprint density at radius 1 is 0.926 bits per heavy atom. The van der Waals surface area contributed by atoms with Gasteiger partial charge in [0, 0.05) is 19.6 Å². The second-order valence-electron chi connectivity index (χ2n) is 7.02. The Morgan fingerprint density at radius 2 is 1.52 bits per heavy atom. The van der Waals surface area contributed by atoms with Gasteiger partial charge < -0.3 is 9.80 Å². The molecule has 2 aliphatic heterocycles. The number of hydrogen-bond acceptors (Lipinski definition) is 4. The van der Waals surface area contributed by atoms with Crippen molar-refractivity contribution in [1.29, 1.82) is 0 Å². The fourth-order valence-electron chi connectivity index (χ4n) is 3.79. The van der Waals surface area contributed by atoms with Crippen LogP contribution in [0.4, 0.5) is 0 Å². The lowest BCUT2D eigenvalue weighted by Gasteiger charge is -2.40. The second-order valence-corrected chi connectivity index (χ2v) is 7.02. The summed E-state index contributed by atoms with van der Waals surface area (Å²) >= 11 is 0. The maximum Gasteiger partial charge on any atom is 0.262 e. The number of nitrogens with zero attached hydrogens (tertiary/aromatic N) is 3. The lowest BCUT2D eigenvalue weighted by atomic mass is 10.0. The molecule has 3 amide bonds. The molecule has 2 aliphatic rings. The minimum absolute atomic E-state index is 0.0902. The maximum absolute atomic E-state index is 13.0. The van der Waals surface area contributed by atoms with Gasteiger partial charge in [-0.3, -0.25) is 19.3 Å². The number of fused-ring (bicyclic) bond motifs is 1. The molecule has 0 aromatic heterocycles. The monoisotopic (exact) mass is 363 g/mol. The highest BCUT2D eigenvalue weighted by Crippen LogP contribution is 2.27. The van der Waals surface area contributed by atoms with E-state index in [1.54, 1.807) is 29.2 Å². The third-order valence-corrected chi connectivity index (χ3v) is 5.26. The van der Waals surface area contributed by atoms with E-state index in [9.17, 15) is 14.4 Å². The van der Waals surface area contributed by atoms with Gasteiger partial charge in [-0.05, 0) is 24.7 Å². The van der Waals surface area contributed by atoms with E-state index in [2.05, 4.69) is 4.90 Å². The number of hydrogen-bond donors (Lipinski definition) is 0. The molecule has 2 aromatic carbocycles. The number of benzene rings is 2. The summed E-state index contributed by atoms with van der Waals surface area (Å²) in [5.74, 6) is -0.991. The van der Waals surface area contributed by atoms with Crippen LogP contribution in [-0.4, -0.2) is 65.6 Å². The van der Waals surface area contributed by atoms with Gasteiger partial charge in [-0.15, -0.1) is 0 Å². The van der Waals surface area contributed by atoms with Crippen molar-refractivity contribution in [3.8, 4) is 0 Å². The average Bonchev–Trinajstić information content (AvgIpc) is 2.94. The fourth-order valence-corrected chi connectivity index (χ4v) is 3.79. The van der Waals surface area contributed by atoms with E-state index in [4.69, 9.17) is 0 Å². The summed E-state index contributed by atoms with van der Waals surface area (Å²) in [6.07, 6.45) is 0. The molecule has 1 saturated heterocycles. The zero-order valence-electron chi connectivity index (χ0n) is 15.2. The number of imide groups is 1. The molecule has 4 rings (SSSR count). The van der Waals surface area contributed by atoms with E-state index in [1.807, 2.05) is 37.4 Å². The Kier molecular flexibility index (Phi) is 4.49. The zero-order valence-corrected chi connectivity index (χ0v) is 15.2. The molecule has 27 heavy (non-hydrogen) atoms. The van der Waals surface area contributed by atoms with E-state index in [-0.39, 0.29) is 18.5 Å². The Hall–Kier alpha value is -2.99. The first-order chi connectivity index (χ1) is 13.1. The first kappa shape index (κ1) is 17.4. The summed E-state index contributed by atoms with van der Waals surface area (Å²) in [4.78, 5) is 43.2. The van der Waals surface area contributed by atoms with Gasteiger partial charge in [0.15, 0.2) is 0 Å². The molecule has 0 bridgehead atoms. The SMILES string of the molecule is CN1CCN(C(=O)CN2C(=O)c3ccccc3C2=O)[C@@H](c2ccccc2)C1. The molecule has 0 spiro atoms. The van der Waals surface area contributed by atoms with Gasteiger partial charge in [0.1, 0.15) is 6.54 Å². The molecular formula is C21H21N3O3. The molecule has 1 atom stereocenters. The second kappa shape index (κ2) is 6.96. The highest BCUT2D eigenvalue weighted by atomic mass is 16.2. The highest BCUT2D eigenvalue weighted by molar-refractivity contribution is 6.22. The summed E-state index contributed by atoms with van der Waals surface area (Å²) in [6, 6.07) is 16.5. The summed E-state index contributed by atoms with van der Waals surface area (Å²) in [5.41, 5.74) is 1.79. The van der Waals surface area contributed by atoms with Gasteiger partial charge in [0.2, 0.25) is 5.91 Å². The van der Waals surface area contributed by atoms with Gasteiger partial charge in [-0.25, -0.2) is 0 Å². The minimum atomic E-state index is -0.394. The van der Waals surface area contributed by atoms with Crippen molar-refractivity contribution in [3.05, 3.63) is 71.3 Å². The number of likely N-dealkylation sites (N-methyl/N-ethyl adjacent to an activating group) is 1. The van der Waals surface area contributed by atoms with Crippen molar-refractivity contribution >= 4 is 17.7 Å². The van der Waals surface area contributed by atoms with Crippen molar-refractivity contribution in [3.63, 3.8) is 0 Å². The molecule has 1 fully saturated rings. The van der Waals surface area contributed by atoms with Crippen LogP contribution in [0.1, 0.15) is 32.3 Å². The lowest BCUT2D eigenvalue weighted by molar-refractivity contribution is -0.136. The number of piperazine rings is 1. The van der Waals surface area contributed by atoms with Gasteiger partial charge in [-0.1, -0.05) is 42.5 Å². The first-order valence-electron chi connectivity index (χ1n) is 9.04. The van der Waals surface area contributed by atoms with Crippen molar-refractivity contribution < 1.29 is 14.4 Å². The van der Waals surface area contributed by atoms with Gasteiger partial charge in [0.25, 0.3) is 11.8 Å². The Bertz CT molecular complexity index is 862. The van der Waals surface area contributed by atoms with Crippen LogP contribution in [0.15, 0.2) is 54.6 Å². The van der Waals surface area contributed by atoms with Crippen LogP contribution in [-0.2, 0) is 4.79 Å². The normalized spacial score (nSPS) is 20.1. The molecule has 6 heteroatoms. The van der Waals surface area contributed by atoms with Gasteiger partial charge >= 0.3 is 0 Å². The Morgan fingerprint density at radius 3 is 2.15 bits per heavy atom. The van der Waals surface area contributed by atoms with Gasteiger partial charge in [0.05, 0.1) is 17.2 Å². The molecule has 2 aromatic rings. The summed E-state index contributed by atoms with van der Waals surface area (Å²) in [6.45, 7) is 1.83. The number of amides is 3. The van der Waals surface area contributed by atoms with Crippen LogP contribution in [0.3, 0.4) is 0 Å². The van der Waals surface area contributed by atoms with Gasteiger partial charge in [-0.2, -0.15) is 0 Å². The predicted molar refractivity (Wildman–Crippen MR) is 100 cm³/mol. The van der Waals surface area contributed by atoms with E-state index in [0.717, 1.165) is 23.6 Å². The predicted octanol–water partition coefficient (Wildman–Crippen LogP) is 1.80. The third-order valence-electron chi connectivity index (χ3n) is 5.26. The Labute approximate surface area is 158 Å². The maximum atomic E-state index is 13.0. The van der Waals surface area contributed by atoms with Crippen LogP contribution in [0.2, 0.25) is 0 Å². The molecule has 0 unspecified atom stereocenters. The van der Waals surface area contributed by atoms with Crippen molar-refractivity contribution in [2.45, 2.75) is 6.04 Å². The Balaban J connectivity index is 1.55.